The van der Waals surface area contributed by atoms with E-state index in [1.807, 2.05) is 22.6 Å². The van der Waals surface area contributed by atoms with Gasteiger partial charge in [0.15, 0.2) is 5.78 Å². The zero-order valence-electron chi connectivity index (χ0n) is 9.85. The lowest BCUT2D eigenvalue weighted by Gasteiger charge is -2.02. The maximum Gasteiger partial charge on any atom is 0.352 e. The quantitative estimate of drug-likeness (QED) is 0.648. The summed E-state index contributed by atoms with van der Waals surface area (Å²) in [6.07, 6.45) is 1.50. The first kappa shape index (κ1) is 14.1. The van der Waals surface area contributed by atoms with Crippen LogP contribution in [0.4, 0.5) is 0 Å². The van der Waals surface area contributed by atoms with E-state index in [-0.39, 0.29) is 11.5 Å². The highest BCUT2D eigenvalue weighted by Crippen LogP contribution is 2.22. The molecule has 4 nitrogen and oxygen atoms in total. The van der Waals surface area contributed by atoms with Gasteiger partial charge >= 0.3 is 5.97 Å². The molecule has 0 bridgehead atoms. The van der Waals surface area contributed by atoms with Gasteiger partial charge in [-0.3, -0.25) is 4.79 Å². The van der Waals surface area contributed by atoms with Crippen molar-refractivity contribution in [1.82, 2.24) is 4.57 Å². The number of carboxylic acids is 1. The van der Waals surface area contributed by atoms with Gasteiger partial charge in [0.2, 0.25) is 0 Å². The standard InChI is InChI=1S/C13H9ClINO3/c1-16-6-7(4-11(16)13(18)19)12(17)9-5-8(14)2-3-10(9)15/h2-6H,1H3,(H,18,19). The Hall–Kier alpha value is -1.34. The molecule has 6 heteroatoms. The smallest absolute Gasteiger partial charge is 0.352 e. The Morgan fingerprint density at radius 3 is 2.58 bits per heavy atom. The van der Waals surface area contributed by atoms with E-state index >= 15 is 0 Å². The summed E-state index contributed by atoms with van der Waals surface area (Å²) in [6, 6.07) is 6.39. The van der Waals surface area contributed by atoms with Crippen LogP contribution in [0.25, 0.3) is 0 Å². The molecular formula is C13H9ClINO3. The van der Waals surface area contributed by atoms with Crippen molar-refractivity contribution in [2.24, 2.45) is 7.05 Å². The summed E-state index contributed by atoms with van der Waals surface area (Å²) < 4.78 is 2.18. The molecule has 0 unspecified atom stereocenters. The summed E-state index contributed by atoms with van der Waals surface area (Å²) in [5, 5.41) is 9.45. The van der Waals surface area contributed by atoms with Crippen molar-refractivity contribution in [3.05, 3.63) is 55.9 Å². The Bertz CT molecular complexity index is 679. The minimum atomic E-state index is -1.07. The van der Waals surface area contributed by atoms with Crippen molar-refractivity contribution >= 4 is 45.9 Å². The van der Waals surface area contributed by atoms with Crippen molar-refractivity contribution in [2.75, 3.05) is 0 Å². The molecule has 0 radical (unpaired) electrons. The average molecular weight is 390 g/mol. The van der Waals surface area contributed by atoms with Gasteiger partial charge in [0.1, 0.15) is 5.69 Å². The molecule has 0 aliphatic heterocycles. The van der Waals surface area contributed by atoms with Crippen LogP contribution in [0.1, 0.15) is 26.4 Å². The number of hydrogen-bond donors (Lipinski definition) is 1. The van der Waals surface area contributed by atoms with Gasteiger partial charge < -0.3 is 9.67 Å². The maximum absolute atomic E-state index is 12.3. The van der Waals surface area contributed by atoms with E-state index in [0.717, 1.165) is 3.57 Å². The summed E-state index contributed by atoms with van der Waals surface area (Å²) in [5.41, 5.74) is 0.871. The zero-order valence-corrected chi connectivity index (χ0v) is 12.8. The first-order valence-electron chi connectivity index (χ1n) is 5.29. The van der Waals surface area contributed by atoms with Crippen LogP contribution < -0.4 is 0 Å². The van der Waals surface area contributed by atoms with Crippen LogP contribution >= 0.6 is 34.2 Å². The van der Waals surface area contributed by atoms with Crippen LogP contribution in [0.3, 0.4) is 0 Å². The molecule has 1 aromatic carbocycles. The molecule has 0 atom stereocenters. The molecule has 0 aliphatic carbocycles. The predicted octanol–water partition coefficient (Wildman–Crippen LogP) is 3.21. The Balaban J connectivity index is 2.47. The number of carboxylic acid groups (broad SMARTS) is 1. The third-order valence-corrected chi connectivity index (χ3v) is 3.84. The van der Waals surface area contributed by atoms with E-state index in [4.69, 9.17) is 16.7 Å². The number of benzene rings is 1. The largest absolute Gasteiger partial charge is 0.477 e. The lowest BCUT2D eigenvalue weighted by Crippen LogP contribution is -2.02. The predicted molar refractivity (Wildman–Crippen MR) is 80.0 cm³/mol. The fourth-order valence-corrected chi connectivity index (χ4v) is 2.48. The van der Waals surface area contributed by atoms with E-state index in [1.54, 1.807) is 25.2 Å². The number of hydrogen-bond acceptors (Lipinski definition) is 2. The lowest BCUT2D eigenvalue weighted by molar-refractivity contribution is 0.0686. The fraction of sp³-hybridized carbons (Fsp3) is 0.0769. The van der Waals surface area contributed by atoms with Gasteiger partial charge in [-0.1, -0.05) is 11.6 Å². The van der Waals surface area contributed by atoms with E-state index in [0.29, 0.717) is 16.1 Å². The molecule has 19 heavy (non-hydrogen) atoms. The molecule has 0 fully saturated rings. The van der Waals surface area contributed by atoms with E-state index in [1.165, 1.54) is 16.8 Å². The molecule has 1 N–H and O–H groups in total. The molecule has 0 amide bonds. The molecular weight excluding hydrogens is 381 g/mol. The van der Waals surface area contributed by atoms with Crippen molar-refractivity contribution in [1.29, 1.82) is 0 Å². The van der Waals surface area contributed by atoms with Gasteiger partial charge in [-0.25, -0.2) is 4.79 Å². The van der Waals surface area contributed by atoms with Crippen LogP contribution in [0, 0.1) is 3.57 Å². The first-order valence-corrected chi connectivity index (χ1v) is 6.75. The number of rotatable bonds is 3. The van der Waals surface area contributed by atoms with E-state index < -0.39 is 5.97 Å². The second-order valence-electron chi connectivity index (χ2n) is 3.98. The Morgan fingerprint density at radius 1 is 1.32 bits per heavy atom. The second-order valence-corrected chi connectivity index (χ2v) is 5.58. The molecule has 1 aromatic heterocycles. The first-order chi connectivity index (χ1) is 8.90. The van der Waals surface area contributed by atoms with Gasteiger partial charge in [-0.2, -0.15) is 0 Å². The highest BCUT2D eigenvalue weighted by Gasteiger charge is 2.18. The fourth-order valence-electron chi connectivity index (χ4n) is 1.73. The highest BCUT2D eigenvalue weighted by atomic mass is 127. The lowest BCUT2D eigenvalue weighted by atomic mass is 10.1. The average Bonchev–Trinajstić information content (AvgIpc) is 2.74. The molecule has 98 valence electrons. The topological polar surface area (TPSA) is 59.3 Å². The molecule has 0 spiro atoms. The molecule has 2 rings (SSSR count). The molecule has 0 saturated heterocycles. The third-order valence-electron chi connectivity index (χ3n) is 2.66. The van der Waals surface area contributed by atoms with Crippen LogP contribution in [0.15, 0.2) is 30.5 Å². The molecule has 0 aliphatic rings. The Labute approximate surface area is 128 Å². The number of carbonyl (C=O) groups excluding carboxylic acids is 1. The number of aryl methyl sites for hydroxylation is 1. The zero-order chi connectivity index (χ0) is 14.2. The molecule has 0 saturated carbocycles. The van der Waals surface area contributed by atoms with Crippen LogP contribution in [-0.4, -0.2) is 21.4 Å². The van der Waals surface area contributed by atoms with Crippen molar-refractivity contribution in [2.45, 2.75) is 0 Å². The number of nitrogens with zero attached hydrogens (tertiary/aromatic N) is 1. The van der Waals surface area contributed by atoms with Gasteiger partial charge in [0.05, 0.1) is 0 Å². The van der Waals surface area contributed by atoms with Gasteiger partial charge in [-0.05, 0) is 46.9 Å². The number of aromatic nitrogens is 1. The van der Waals surface area contributed by atoms with Crippen LogP contribution in [0.5, 0.6) is 0 Å². The van der Waals surface area contributed by atoms with Gasteiger partial charge in [-0.15, -0.1) is 0 Å². The van der Waals surface area contributed by atoms with E-state index in [9.17, 15) is 9.59 Å². The molecule has 2 aromatic rings. The number of aromatic carboxylic acids is 1. The van der Waals surface area contributed by atoms with Crippen LogP contribution in [-0.2, 0) is 7.05 Å². The monoisotopic (exact) mass is 389 g/mol. The summed E-state index contributed by atoms with van der Waals surface area (Å²) in [7, 11) is 1.59. The summed E-state index contributed by atoms with van der Waals surface area (Å²) in [5.74, 6) is -1.31. The molecule has 1 heterocycles. The van der Waals surface area contributed by atoms with Crippen molar-refractivity contribution < 1.29 is 14.7 Å². The number of carbonyl (C=O) groups is 2. The maximum atomic E-state index is 12.3. The Kier molecular flexibility index (Phi) is 3.96. The van der Waals surface area contributed by atoms with E-state index in [2.05, 4.69) is 0 Å². The Morgan fingerprint density at radius 2 is 2.00 bits per heavy atom. The van der Waals surface area contributed by atoms with Crippen molar-refractivity contribution in [3.8, 4) is 0 Å². The SMILES string of the molecule is Cn1cc(C(=O)c2cc(Cl)ccc2I)cc1C(=O)O. The normalized spacial score (nSPS) is 10.5. The minimum absolute atomic E-state index is 0.0698. The summed E-state index contributed by atoms with van der Waals surface area (Å²) in [4.78, 5) is 23.3. The second kappa shape index (κ2) is 5.34. The van der Waals surface area contributed by atoms with Crippen molar-refractivity contribution in [3.63, 3.8) is 0 Å². The summed E-state index contributed by atoms with van der Waals surface area (Å²) >= 11 is 7.93. The number of ketones is 1. The summed E-state index contributed by atoms with van der Waals surface area (Å²) in [6.45, 7) is 0. The van der Waals surface area contributed by atoms with Gasteiger partial charge in [0, 0.05) is 33.0 Å². The van der Waals surface area contributed by atoms with Crippen LogP contribution in [0.2, 0.25) is 5.02 Å². The minimum Gasteiger partial charge on any atom is -0.477 e. The number of halogens is 2. The third kappa shape index (κ3) is 2.82. The van der Waals surface area contributed by atoms with Gasteiger partial charge in [0.25, 0.3) is 0 Å². The highest BCUT2D eigenvalue weighted by molar-refractivity contribution is 14.1.